The topological polar surface area (TPSA) is 21.1 Å². The van der Waals surface area contributed by atoms with Crippen molar-refractivity contribution in [1.82, 2.24) is 14.5 Å². The number of hydrogen-bond acceptors (Lipinski definition) is 2. The molecule has 1 aromatic carbocycles. The van der Waals surface area contributed by atoms with Crippen LogP contribution < -0.4 is 0 Å². The average molecular weight is 285 g/mol. The van der Waals surface area contributed by atoms with Crippen molar-refractivity contribution in [1.29, 1.82) is 0 Å². The average Bonchev–Trinajstić information content (AvgIpc) is 3.05. The fourth-order valence-corrected chi connectivity index (χ4v) is 3.57. The summed E-state index contributed by atoms with van der Waals surface area (Å²) in [5.74, 6) is 2.58. The third-order valence-electron chi connectivity index (χ3n) is 4.61. The Labute approximate surface area is 128 Å². The number of imidazole rings is 1. The number of para-hydroxylation sites is 2. The fourth-order valence-electron chi connectivity index (χ4n) is 3.57. The molecule has 0 spiro atoms. The van der Waals surface area contributed by atoms with Crippen LogP contribution in [0.3, 0.4) is 0 Å². The van der Waals surface area contributed by atoms with Crippen molar-refractivity contribution >= 4 is 11.0 Å². The van der Waals surface area contributed by atoms with E-state index in [-0.39, 0.29) is 0 Å². The first-order chi connectivity index (χ1) is 10.2. The summed E-state index contributed by atoms with van der Waals surface area (Å²) >= 11 is 0. The molecule has 2 aromatic rings. The Balaban J connectivity index is 1.84. The second kappa shape index (κ2) is 6.18. The van der Waals surface area contributed by atoms with Crippen LogP contribution >= 0.6 is 0 Å². The monoisotopic (exact) mass is 285 g/mol. The highest BCUT2D eigenvalue weighted by molar-refractivity contribution is 5.76. The van der Waals surface area contributed by atoms with Crippen LogP contribution in [0.1, 0.15) is 51.8 Å². The number of hydrogen-bond donors (Lipinski definition) is 0. The fraction of sp³-hybridized carbons (Fsp3) is 0.611. The summed E-state index contributed by atoms with van der Waals surface area (Å²) < 4.78 is 2.42. The quantitative estimate of drug-likeness (QED) is 0.819. The zero-order chi connectivity index (χ0) is 14.8. The Morgan fingerprint density at radius 2 is 2.10 bits per heavy atom. The minimum Gasteiger partial charge on any atom is -0.314 e. The van der Waals surface area contributed by atoms with Gasteiger partial charge < -0.3 is 4.57 Å². The van der Waals surface area contributed by atoms with Gasteiger partial charge in [0.1, 0.15) is 5.82 Å². The van der Waals surface area contributed by atoms with Crippen molar-refractivity contribution in [3.63, 3.8) is 0 Å². The van der Waals surface area contributed by atoms with Crippen LogP contribution in [0.4, 0.5) is 0 Å². The van der Waals surface area contributed by atoms with Crippen LogP contribution in [0, 0.1) is 5.92 Å². The van der Waals surface area contributed by atoms with E-state index in [1.807, 2.05) is 0 Å². The van der Waals surface area contributed by atoms with Gasteiger partial charge in [-0.25, -0.2) is 4.98 Å². The normalized spacial score (nSPS) is 19.9. The molecular formula is C18H27N3. The molecule has 1 saturated heterocycles. The minimum absolute atomic E-state index is 0.464. The van der Waals surface area contributed by atoms with Crippen molar-refractivity contribution in [2.45, 2.75) is 52.6 Å². The van der Waals surface area contributed by atoms with Gasteiger partial charge in [0.05, 0.1) is 17.7 Å². The molecule has 3 rings (SSSR count). The van der Waals surface area contributed by atoms with Crippen LogP contribution in [0.25, 0.3) is 11.0 Å². The van der Waals surface area contributed by atoms with Crippen molar-refractivity contribution in [2.75, 3.05) is 13.1 Å². The standard InChI is InChI=1S/C18H27N3/c1-4-7-15-10-11-20(12-15)13-21-17-9-6-5-8-16(17)19-18(21)14(2)3/h5-6,8-9,14-15H,4,7,10-13H2,1-3H3. The lowest BCUT2D eigenvalue weighted by Crippen LogP contribution is -2.25. The Bertz CT molecular complexity index is 600. The molecule has 0 saturated carbocycles. The zero-order valence-corrected chi connectivity index (χ0v) is 13.5. The van der Waals surface area contributed by atoms with E-state index in [0.29, 0.717) is 5.92 Å². The Hall–Kier alpha value is -1.35. The lowest BCUT2D eigenvalue weighted by atomic mass is 10.0. The van der Waals surface area contributed by atoms with Gasteiger partial charge in [-0.2, -0.15) is 0 Å². The van der Waals surface area contributed by atoms with Gasteiger partial charge in [-0.15, -0.1) is 0 Å². The lowest BCUT2D eigenvalue weighted by Gasteiger charge is -2.20. The molecule has 1 aliphatic rings. The maximum atomic E-state index is 4.85. The summed E-state index contributed by atoms with van der Waals surface area (Å²) in [6.07, 6.45) is 4.04. The van der Waals surface area contributed by atoms with Crippen molar-refractivity contribution in [2.24, 2.45) is 5.92 Å². The van der Waals surface area contributed by atoms with Crippen LogP contribution in [-0.2, 0) is 6.67 Å². The van der Waals surface area contributed by atoms with Gasteiger partial charge >= 0.3 is 0 Å². The SMILES string of the molecule is CCCC1CCN(Cn2c(C(C)C)nc3ccccc32)C1. The smallest absolute Gasteiger partial charge is 0.113 e. The molecular weight excluding hydrogens is 258 g/mol. The number of likely N-dealkylation sites (tertiary alicyclic amines) is 1. The van der Waals surface area contributed by atoms with Crippen LogP contribution in [-0.4, -0.2) is 27.5 Å². The Kier molecular flexibility index (Phi) is 4.29. The maximum absolute atomic E-state index is 4.85. The van der Waals surface area contributed by atoms with Crippen LogP contribution in [0.15, 0.2) is 24.3 Å². The second-order valence-electron chi connectivity index (χ2n) is 6.70. The molecule has 1 aromatic heterocycles. The number of benzene rings is 1. The number of fused-ring (bicyclic) bond motifs is 1. The molecule has 2 heterocycles. The highest BCUT2D eigenvalue weighted by Crippen LogP contribution is 2.25. The molecule has 0 radical (unpaired) electrons. The lowest BCUT2D eigenvalue weighted by molar-refractivity contribution is 0.256. The molecule has 114 valence electrons. The molecule has 3 heteroatoms. The van der Waals surface area contributed by atoms with Crippen LogP contribution in [0.2, 0.25) is 0 Å². The highest BCUT2D eigenvalue weighted by Gasteiger charge is 2.23. The second-order valence-corrected chi connectivity index (χ2v) is 6.70. The van der Waals surface area contributed by atoms with E-state index < -0.39 is 0 Å². The molecule has 0 aliphatic carbocycles. The van der Waals surface area contributed by atoms with Gasteiger partial charge in [-0.1, -0.05) is 39.3 Å². The summed E-state index contributed by atoms with van der Waals surface area (Å²) in [6.45, 7) is 10.2. The number of aromatic nitrogens is 2. The zero-order valence-electron chi connectivity index (χ0n) is 13.5. The van der Waals surface area contributed by atoms with E-state index in [1.165, 1.54) is 43.7 Å². The van der Waals surface area contributed by atoms with Crippen molar-refractivity contribution in [3.8, 4) is 0 Å². The van der Waals surface area contributed by atoms with E-state index in [4.69, 9.17) is 4.98 Å². The molecule has 1 fully saturated rings. The first-order valence-electron chi connectivity index (χ1n) is 8.36. The van der Waals surface area contributed by atoms with Crippen molar-refractivity contribution < 1.29 is 0 Å². The molecule has 21 heavy (non-hydrogen) atoms. The molecule has 0 N–H and O–H groups in total. The largest absolute Gasteiger partial charge is 0.314 e. The molecule has 0 amide bonds. The molecule has 1 aliphatic heterocycles. The highest BCUT2D eigenvalue weighted by atomic mass is 15.3. The molecule has 3 nitrogen and oxygen atoms in total. The first-order valence-corrected chi connectivity index (χ1v) is 8.36. The third kappa shape index (κ3) is 2.98. The Morgan fingerprint density at radius 1 is 1.29 bits per heavy atom. The van der Waals surface area contributed by atoms with Gasteiger partial charge in [0.25, 0.3) is 0 Å². The number of rotatable bonds is 5. The predicted molar refractivity (Wildman–Crippen MR) is 88.4 cm³/mol. The summed E-state index contributed by atoms with van der Waals surface area (Å²) in [6, 6.07) is 8.53. The van der Waals surface area contributed by atoms with Crippen molar-refractivity contribution in [3.05, 3.63) is 30.1 Å². The molecule has 1 atom stereocenters. The van der Waals surface area contributed by atoms with Gasteiger partial charge in [0.2, 0.25) is 0 Å². The summed E-state index contributed by atoms with van der Waals surface area (Å²) in [4.78, 5) is 7.44. The van der Waals surface area contributed by atoms with E-state index in [9.17, 15) is 0 Å². The van der Waals surface area contributed by atoms with Crippen LogP contribution in [0.5, 0.6) is 0 Å². The summed E-state index contributed by atoms with van der Waals surface area (Å²) in [7, 11) is 0. The summed E-state index contributed by atoms with van der Waals surface area (Å²) in [5.41, 5.74) is 2.41. The Morgan fingerprint density at radius 3 is 2.86 bits per heavy atom. The third-order valence-corrected chi connectivity index (χ3v) is 4.61. The van der Waals surface area contributed by atoms with Gasteiger partial charge in [0.15, 0.2) is 0 Å². The predicted octanol–water partition coefficient (Wildman–Crippen LogP) is 4.24. The van der Waals surface area contributed by atoms with E-state index in [2.05, 4.69) is 54.5 Å². The summed E-state index contributed by atoms with van der Waals surface area (Å²) in [5, 5.41) is 0. The van der Waals surface area contributed by atoms with E-state index >= 15 is 0 Å². The number of nitrogens with zero attached hydrogens (tertiary/aromatic N) is 3. The first kappa shape index (κ1) is 14.6. The van der Waals surface area contributed by atoms with Gasteiger partial charge in [0, 0.05) is 19.0 Å². The molecule has 1 unspecified atom stereocenters. The minimum atomic E-state index is 0.464. The van der Waals surface area contributed by atoms with E-state index in [0.717, 1.165) is 18.1 Å². The van der Waals surface area contributed by atoms with Gasteiger partial charge in [-0.05, 0) is 30.9 Å². The van der Waals surface area contributed by atoms with Gasteiger partial charge in [-0.3, -0.25) is 4.90 Å². The van der Waals surface area contributed by atoms with E-state index in [1.54, 1.807) is 0 Å². The maximum Gasteiger partial charge on any atom is 0.113 e. The molecule has 0 bridgehead atoms.